The van der Waals surface area contributed by atoms with Gasteiger partial charge in [-0.05, 0) is 86.1 Å². The van der Waals surface area contributed by atoms with Gasteiger partial charge in [0.15, 0.2) is 0 Å². The summed E-state index contributed by atoms with van der Waals surface area (Å²) in [6.45, 7) is 0. The zero-order chi connectivity index (χ0) is 23.9. The molecule has 1 heterocycles. The molecule has 0 saturated carbocycles. The smallest absolute Gasteiger partial charge is 0.0390 e. The van der Waals surface area contributed by atoms with E-state index in [1.54, 1.807) is 0 Å². The number of anilines is 2. The summed E-state index contributed by atoms with van der Waals surface area (Å²) in [7, 11) is 0. The van der Waals surface area contributed by atoms with Crippen molar-refractivity contribution in [2.75, 3.05) is 5.32 Å². The first kappa shape index (κ1) is 20.9. The Labute approximate surface area is 214 Å². The zero-order valence-electron chi connectivity index (χ0n) is 19.6. The first-order valence-corrected chi connectivity index (χ1v) is 13.0. The van der Waals surface area contributed by atoms with Gasteiger partial charge in [0.2, 0.25) is 0 Å². The van der Waals surface area contributed by atoms with Crippen LogP contribution in [0.15, 0.2) is 133 Å². The highest BCUT2D eigenvalue weighted by Gasteiger charge is 2.06. The van der Waals surface area contributed by atoms with Crippen LogP contribution in [-0.2, 0) is 0 Å². The van der Waals surface area contributed by atoms with Crippen LogP contribution in [0, 0.1) is 0 Å². The number of rotatable bonds is 4. The third kappa shape index (κ3) is 3.82. The topological polar surface area (TPSA) is 12.0 Å². The Balaban J connectivity index is 1.16. The van der Waals surface area contributed by atoms with Gasteiger partial charge in [-0.2, -0.15) is 0 Å². The lowest BCUT2D eigenvalue weighted by atomic mass is 9.97. The Morgan fingerprint density at radius 3 is 2.03 bits per heavy atom. The standard InChI is InChI=1S/C34H23NS/c1-3-10-31-23(6-1)12-13-27-20-26(16-19-32(27)31)25-8-5-9-30(21-25)35-29-17-14-24(15-18-29)34-22-28-7-2-4-11-33(28)36-34/h1-22,35H. The number of fused-ring (bicyclic) bond motifs is 4. The van der Waals surface area contributed by atoms with E-state index < -0.39 is 0 Å². The fraction of sp³-hybridized carbons (Fsp3) is 0. The van der Waals surface area contributed by atoms with Crippen LogP contribution in [0.1, 0.15) is 0 Å². The second-order valence-electron chi connectivity index (χ2n) is 9.15. The van der Waals surface area contributed by atoms with Crippen molar-refractivity contribution in [1.29, 1.82) is 0 Å². The van der Waals surface area contributed by atoms with E-state index in [1.165, 1.54) is 53.2 Å². The minimum Gasteiger partial charge on any atom is -0.356 e. The lowest BCUT2D eigenvalue weighted by molar-refractivity contribution is 1.54. The van der Waals surface area contributed by atoms with Crippen LogP contribution in [0.5, 0.6) is 0 Å². The molecule has 0 atom stereocenters. The van der Waals surface area contributed by atoms with Crippen molar-refractivity contribution in [1.82, 2.24) is 0 Å². The molecule has 0 radical (unpaired) electrons. The lowest BCUT2D eigenvalue weighted by Gasteiger charge is -2.11. The van der Waals surface area contributed by atoms with Crippen molar-refractivity contribution in [2.24, 2.45) is 0 Å². The summed E-state index contributed by atoms with van der Waals surface area (Å²) >= 11 is 1.84. The molecule has 7 rings (SSSR count). The molecule has 1 N–H and O–H groups in total. The summed E-state index contributed by atoms with van der Waals surface area (Å²) in [6.07, 6.45) is 0. The van der Waals surface area contributed by atoms with Gasteiger partial charge < -0.3 is 5.32 Å². The summed E-state index contributed by atoms with van der Waals surface area (Å²) in [4.78, 5) is 1.30. The summed E-state index contributed by atoms with van der Waals surface area (Å²) < 4.78 is 1.33. The third-order valence-electron chi connectivity index (χ3n) is 6.82. The van der Waals surface area contributed by atoms with E-state index in [2.05, 4.69) is 139 Å². The molecule has 170 valence electrons. The van der Waals surface area contributed by atoms with E-state index in [9.17, 15) is 0 Å². The first-order chi connectivity index (χ1) is 17.8. The molecule has 0 fully saturated rings. The fourth-order valence-electron chi connectivity index (χ4n) is 4.98. The number of hydrogen-bond donors (Lipinski definition) is 1. The maximum atomic E-state index is 3.58. The molecule has 7 aromatic rings. The number of benzene rings is 6. The average molecular weight is 478 g/mol. The molecule has 0 aliphatic rings. The fourth-order valence-corrected chi connectivity index (χ4v) is 6.05. The second-order valence-corrected chi connectivity index (χ2v) is 10.2. The van der Waals surface area contributed by atoms with Gasteiger partial charge in [-0.15, -0.1) is 11.3 Å². The molecule has 0 saturated heterocycles. The van der Waals surface area contributed by atoms with Crippen LogP contribution < -0.4 is 5.32 Å². The molecule has 0 bridgehead atoms. The molecule has 6 aromatic carbocycles. The predicted molar refractivity (Wildman–Crippen MR) is 157 cm³/mol. The third-order valence-corrected chi connectivity index (χ3v) is 7.99. The van der Waals surface area contributed by atoms with Crippen molar-refractivity contribution < 1.29 is 0 Å². The van der Waals surface area contributed by atoms with Crippen molar-refractivity contribution in [2.45, 2.75) is 0 Å². The van der Waals surface area contributed by atoms with Crippen LogP contribution in [-0.4, -0.2) is 0 Å². The SMILES string of the molecule is c1cc(Nc2ccc(-c3cc4ccccc4s3)cc2)cc(-c2ccc3c(ccc4ccccc43)c2)c1. The molecule has 0 unspecified atom stereocenters. The van der Waals surface area contributed by atoms with E-state index in [1.807, 2.05) is 11.3 Å². The van der Waals surface area contributed by atoms with E-state index in [0.717, 1.165) is 11.4 Å². The van der Waals surface area contributed by atoms with Crippen molar-refractivity contribution in [3.63, 3.8) is 0 Å². The second kappa shape index (κ2) is 8.67. The largest absolute Gasteiger partial charge is 0.356 e. The molecule has 36 heavy (non-hydrogen) atoms. The molecule has 2 heteroatoms. The van der Waals surface area contributed by atoms with Gasteiger partial charge in [-0.1, -0.05) is 91.0 Å². The number of hydrogen-bond acceptors (Lipinski definition) is 2. The minimum atomic E-state index is 1.08. The summed E-state index contributed by atoms with van der Waals surface area (Å²) in [5.74, 6) is 0. The predicted octanol–water partition coefficient (Wildman–Crippen LogP) is 10.3. The monoisotopic (exact) mass is 477 g/mol. The van der Waals surface area contributed by atoms with Gasteiger partial charge in [-0.25, -0.2) is 0 Å². The molecule has 0 aliphatic carbocycles. The van der Waals surface area contributed by atoms with Gasteiger partial charge in [0.05, 0.1) is 0 Å². The summed E-state index contributed by atoms with van der Waals surface area (Å²) in [5.41, 5.74) is 5.85. The molecular weight excluding hydrogens is 454 g/mol. The van der Waals surface area contributed by atoms with Crippen LogP contribution in [0.3, 0.4) is 0 Å². The average Bonchev–Trinajstić information content (AvgIpc) is 3.38. The van der Waals surface area contributed by atoms with Crippen LogP contribution in [0.25, 0.3) is 53.2 Å². The van der Waals surface area contributed by atoms with E-state index >= 15 is 0 Å². The normalized spacial score (nSPS) is 11.3. The Morgan fingerprint density at radius 1 is 0.417 bits per heavy atom. The number of nitrogens with one attached hydrogen (secondary N) is 1. The quantitative estimate of drug-likeness (QED) is 0.249. The van der Waals surface area contributed by atoms with Gasteiger partial charge in [-0.3, -0.25) is 0 Å². The highest BCUT2D eigenvalue weighted by Crippen LogP contribution is 2.35. The molecule has 1 aromatic heterocycles. The Hall–Kier alpha value is -4.40. The highest BCUT2D eigenvalue weighted by molar-refractivity contribution is 7.22. The molecule has 0 spiro atoms. The highest BCUT2D eigenvalue weighted by atomic mass is 32.1. The Bertz CT molecular complexity index is 1830. The van der Waals surface area contributed by atoms with Gasteiger partial charge >= 0.3 is 0 Å². The number of thiophene rings is 1. The van der Waals surface area contributed by atoms with Crippen LogP contribution in [0.2, 0.25) is 0 Å². The first-order valence-electron chi connectivity index (χ1n) is 12.2. The van der Waals surface area contributed by atoms with Gasteiger partial charge in [0.1, 0.15) is 0 Å². The Kier molecular flexibility index (Phi) is 5.04. The zero-order valence-corrected chi connectivity index (χ0v) is 20.4. The van der Waals surface area contributed by atoms with Crippen LogP contribution in [0.4, 0.5) is 11.4 Å². The Morgan fingerprint density at radius 2 is 1.14 bits per heavy atom. The molecular formula is C34H23NS. The van der Waals surface area contributed by atoms with Gasteiger partial charge in [0, 0.05) is 21.0 Å². The van der Waals surface area contributed by atoms with E-state index in [4.69, 9.17) is 0 Å². The summed E-state index contributed by atoms with van der Waals surface area (Å²) in [6, 6.07) is 48.0. The summed E-state index contributed by atoms with van der Waals surface area (Å²) in [5, 5.41) is 10.0. The maximum Gasteiger partial charge on any atom is 0.0390 e. The van der Waals surface area contributed by atoms with Crippen molar-refractivity contribution in [3.05, 3.63) is 133 Å². The van der Waals surface area contributed by atoms with Gasteiger partial charge in [0.25, 0.3) is 0 Å². The molecule has 0 aliphatic heterocycles. The minimum absolute atomic E-state index is 1.08. The molecule has 0 amide bonds. The maximum absolute atomic E-state index is 3.58. The van der Waals surface area contributed by atoms with E-state index in [-0.39, 0.29) is 0 Å². The van der Waals surface area contributed by atoms with Crippen molar-refractivity contribution in [3.8, 4) is 21.6 Å². The van der Waals surface area contributed by atoms with E-state index in [0.29, 0.717) is 0 Å². The lowest BCUT2D eigenvalue weighted by Crippen LogP contribution is -1.90. The molecule has 1 nitrogen and oxygen atoms in total. The van der Waals surface area contributed by atoms with Crippen LogP contribution >= 0.6 is 11.3 Å². The van der Waals surface area contributed by atoms with Crippen molar-refractivity contribution >= 4 is 54.3 Å².